The van der Waals surface area contributed by atoms with Crippen molar-refractivity contribution in [3.8, 4) is 0 Å². The average Bonchev–Trinajstić information content (AvgIpc) is 3.35. The van der Waals surface area contributed by atoms with Gasteiger partial charge in [0.1, 0.15) is 11.6 Å². The first-order chi connectivity index (χ1) is 13.2. The van der Waals surface area contributed by atoms with Crippen LogP contribution in [-0.2, 0) is 6.54 Å². The Labute approximate surface area is 159 Å². The Morgan fingerprint density at radius 1 is 1.33 bits per heavy atom. The van der Waals surface area contributed by atoms with Gasteiger partial charge in [0.15, 0.2) is 5.82 Å². The molecular weight excluding hydrogens is 344 g/mol. The molecule has 0 unspecified atom stereocenters. The van der Waals surface area contributed by atoms with E-state index in [2.05, 4.69) is 25.4 Å². The maximum atomic E-state index is 12.7. The molecule has 8 nitrogen and oxygen atoms in total. The van der Waals surface area contributed by atoms with E-state index in [1.54, 1.807) is 6.26 Å². The molecule has 2 fully saturated rings. The monoisotopic (exact) mass is 372 g/mol. The number of nitrogens with zero attached hydrogens (tertiary/aromatic N) is 4. The molecule has 146 valence electrons. The summed E-state index contributed by atoms with van der Waals surface area (Å²) in [5, 5.41) is 10.4. The highest BCUT2D eigenvalue weighted by molar-refractivity contribution is 5.74. The zero-order valence-electron chi connectivity index (χ0n) is 15.9. The van der Waals surface area contributed by atoms with E-state index in [0.717, 1.165) is 69.3 Å². The summed E-state index contributed by atoms with van der Waals surface area (Å²) < 4.78 is 5.42. The number of H-pyrrole nitrogens is 1. The van der Waals surface area contributed by atoms with Crippen molar-refractivity contribution in [1.82, 2.24) is 30.3 Å². The molecule has 1 atom stereocenters. The molecule has 27 heavy (non-hydrogen) atoms. The lowest BCUT2D eigenvalue weighted by atomic mass is 9.97. The van der Waals surface area contributed by atoms with Crippen LogP contribution in [0.4, 0.5) is 4.79 Å². The van der Waals surface area contributed by atoms with Crippen molar-refractivity contribution < 1.29 is 9.21 Å². The zero-order chi connectivity index (χ0) is 18.6. The Hall–Kier alpha value is -2.35. The molecule has 4 rings (SSSR count). The molecule has 2 saturated heterocycles. The Morgan fingerprint density at radius 2 is 2.19 bits per heavy atom. The fourth-order valence-corrected chi connectivity index (χ4v) is 4.04. The number of rotatable bonds is 4. The van der Waals surface area contributed by atoms with Crippen molar-refractivity contribution in [3.05, 3.63) is 35.8 Å². The lowest BCUT2D eigenvalue weighted by molar-refractivity contribution is 0.154. The van der Waals surface area contributed by atoms with Crippen molar-refractivity contribution in [3.63, 3.8) is 0 Å². The van der Waals surface area contributed by atoms with Gasteiger partial charge in [-0.2, -0.15) is 5.10 Å². The second-order valence-electron chi connectivity index (χ2n) is 7.64. The fourth-order valence-electron chi connectivity index (χ4n) is 4.04. The average molecular weight is 372 g/mol. The third kappa shape index (κ3) is 4.50. The van der Waals surface area contributed by atoms with Crippen LogP contribution in [0.25, 0.3) is 0 Å². The quantitative estimate of drug-likeness (QED) is 0.859. The number of aromatic nitrogens is 3. The van der Waals surface area contributed by atoms with E-state index < -0.39 is 0 Å². The van der Waals surface area contributed by atoms with E-state index in [-0.39, 0.29) is 18.0 Å². The second kappa shape index (κ2) is 8.12. The molecule has 2 aliphatic rings. The first-order valence-corrected chi connectivity index (χ1v) is 9.86. The van der Waals surface area contributed by atoms with E-state index >= 15 is 0 Å². The van der Waals surface area contributed by atoms with Crippen LogP contribution in [0.1, 0.15) is 49.0 Å². The Bertz CT molecular complexity index is 735. The van der Waals surface area contributed by atoms with E-state index in [0.29, 0.717) is 6.54 Å². The summed E-state index contributed by atoms with van der Waals surface area (Å²) in [6, 6.07) is 4.23. The van der Waals surface area contributed by atoms with Crippen LogP contribution >= 0.6 is 0 Å². The minimum absolute atomic E-state index is 0.0523. The van der Waals surface area contributed by atoms with Gasteiger partial charge in [-0.25, -0.2) is 9.78 Å². The lowest BCUT2D eigenvalue weighted by Crippen LogP contribution is -2.51. The number of carbonyl (C=O) groups is 1. The van der Waals surface area contributed by atoms with Gasteiger partial charge in [0.25, 0.3) is 0 Å². The third-order valence-electron chi connectivity index (χ3n) is 5.56. The number of hydrogen-bond donors (Lipinski definition) is 2. The van der Waals surface area contributed by atoms with Crippen molar-refractivity contribution >= 4 is 6.03 Å². The number of amides is 2. The molecule has 2 aromatic rings. The molecular formula is C19H28N6O2. The van der Waals surface area contributed by atoms with Crippen LogP contribution in [0, 0.1) is 6.92 Å². The lowest BCUT2D eigenvalue weighted by Gasteiger charge is -2.35. The summed E-state index contributed by atoms with van der Waals surface area (Å²) in [5.41, 5.74) is 0. The maximum absolute atomic E-state index is 12.7. The molecule has 0 radical (unpaired) electrons. The first kappa shape index (κ1) is 18.0. The molecule has 8 heteroatoms. The molecule has 0 bridgehead atoms. The van der Waals surface area contributed by atoms with Crippen LogP contribution in [0.2, 0.25) is 0 Å². The highest BCUT2D eigenvalue weighted by Gasteiger charge is 2.29. The summed E-state index contributed by atoms with van der Waals surface area (Å²) >= 11 is 0. The molecule has 0 aromatic carbocycles. The standard InChI is InChI=1S/C19H28N6O2/c1-14-20-18(23-22-14)15-4-2-8-25(12-15)19(26)21-16-6-9-24(10-7-16)13-17-5-3-11-27-17/h3,5,11,15-16H,2,4,6-10,12-13H2,1H3,(H,21,26)(H,20,22,23)/t15-/m0/s1. The summed E-state index contributed by atoms with van der Waals surface area (Å²) in [5.74, 6) is 2.88. The van der Waals surface area contributed by atoms with Gasteiger partial charge in [0, 0.05) is 38.1 Å². The number of urea groups is 1. The fraction of sp³-hybridized carbons (Fsp3) is 0.632. The van der Waals surface area contributed by atoms with Gasteiger partial charge in [-0.15, -0.1) is 0 Å². The predicted molar refractivity (Wildman–Crippen MR) is 100 cm³/mol. The zero-order valence-corrected chi connectivity index (χ0v) is 15.9. The van der Waals surface area contributed by atoms with Crippen LogP contribution in [0.15, 0.2) is 22.8 Å². The number of nitrogens with one attached hydrogen (secondary N) is 2. The topological polar surface area (TPSA) is 90.3 Å². The number of piperidine rings is 2. The number of hydrogen-bond acceptors (Lipinski definition) is 5. The molecule has 2 aliphatic heterocycles. The van der Waals surface area contributed by atoms with Crippen LogP contribution < -0.4 is 5.32 Å². The molecule has 0 saturated carbocycles. The molecule has 2 amide bonds. The molecule has 2 aromatic heterocycles. The van der Waals surface area contributed by atoms with Gasteiger partial charge >= 0.3 is 6.03 Å². The summed E-state index contributed by atoms with van der Waals surface area (Å²) in [6.07, 6.45) is 5.70. The molecule has 4 heterocycles. The van der Waals surface area contributed by atoms with Gasteiger partial charge in [-0.3, -0.25) is 10.00 Å². The van der Waals surface area contributed by atoms with Crippen molar-refractivity contribution in [2.45, 2.75) is 51.1 Å². The Kier molecular flexibility index (Phi) is 5.42. The van der Waals surface area contributed by atoms with E-state index in [1.807, 2.05) is 24.0 Å². The smallest absolute Gasteiger partial charge is 0.317 e. The van der Waals surface area contributed by atoms with Crippen LogP contribution in [0.3, 0.4) is 0 Å². The largest absolute Gasteiger partial charge is 0.468 e. The minimum atomic E-state index is 0.0523. The summed E-state index contributed by atoms with van der Waals surface area (Å²) in [4.78, 5) is 21.5. The normalized spacial score (nSPS) is 22.1. The Balaban J connectivity index is 1.24. The van der Waals surface area contributed by atoms with Gasteiger partial charge in [-0.05, 0) is 44.7 Å². The highest BCUT2D eigenvalue weighted by Crippen LogP contribution is 2.24. The van der Waals surface area contributed by atoms with Crippen LogP contribution in [0.5, 0.6) is 0 Å². The number of aromatic amines is 1. The molecule has 0 spiro atoms. The van der Waals surface area contributed by atoms with Crippen molar-refractivity contribution in [1.29, 1.82) is 0 Å². The molecule has 0 aliphatic carbocycles. The van der Waals surface area contributed by atoms with Crippen molar-refractivity contribution in [2.75, 3.05) is 26.2 Å². The maximum Gasteiger partial charge on any atom is 0.317 e. The Morgan fingerprint density at radius 3 is 2.89 bits per heavy atom. The third-order valence-corrected chi connectivity index (χ3v) is 5.56. The van der Waals surface area contributed by atoms with Gasteiger partial charge in [-0.1, -0.05) is 0 Å². The number of furan rings is 1. The van der Waals surface area contributed by atoms with E-state index in [1.165, 1.54) is 0 Å². The summed E-state index contributed by atoms with van der Waals surface area (Å²) in [7, 11) is 0. The van der Waals surface area contributed by atoms with Gasteiger partial charge in [0.2, 0.25) is 0 Å². The number of carbonyl (C=O) groups excluding carboxylic acids is 1. The van der Waals surface area contributed by atoms with Gasteiger partial charge in [0.05, 0.1) is 12.8 Å². The van der Waals surface area contributed by atoms with E-state index in [9.17, 15) is 4.79 Å². The first-order valence-electron chi connectivity index (χ1n) is 9.86. The second-order valence-corrected chi connectivity index (χ2v) is 7.64. The number of aryl methyl sites for hydroxylation is 1. The minimum Gasteiger partial charge on any atom is -0.468 e. The SMILES string of the molecule is Cc1nc([C@H]2CCCN(C(=O)NC3CCN(Cc4ccco4)CC3)C2)n[nH]1. The summed E-state index contributed by atoms with van der Waals surface area (Å²) in [6.45, 7) is 6.21. The van der Waals surface area contributed by atoms with Crippen molar-refractivity contribution in [2.24, 2.45) is 0 Å². The predicted octanol–water partition coefficient (Wildman–Crippen LogP) is 2.26. The van der Waals surface area contributed by atoms with Crippen LogP contribution in [-0.4, -0.2) is 63.2 Å². The number of likely N-dealkylation sites (tertiary alicyclic amines) is 2. The highest BCUT2D eigenvalue weighted by atomic mass is 16.3. The van der Waals surface area contributed by atoms with E-state index in [4.69, 9.17) is 4.42 Å². The van der Waals surface area contributed by atoms with Gasteiger partial charge < -0.3 is 14.6 Å². The molecule has 2 N–H and O–H groups in total.